The summed E-state index contributed by atoms with van der Waals surface area (Å²) in [5.74, 6) is -0.366. The van der Waals surface area contributed by atoms with Gasteiger partial charge in [-0.2, -0.15) is 22.5 Å². The van der Waals surface area contributed by atoms with E-state index >= 15 is 0 Å². The summed E-state index contributed by atoms with van der Waals surface area (Å²) < 4.78 is 17.2. The summed E-state index contributed by atoms with van der Waals surface area (Å²) in [5.41, 5.74) is 0. The van der Waals surface area contributed by atoms with Gasteiger partial charge in [-0.25, -0.2) is 4.89 Å². The number of benzene rings is 1. The fourth-order valence-electron chi connectivity index (χ4n) is 0.534. The third kappa shape index (κ3) is 5.60. The van der Waals surface area contributed by atoms with Crippen LogP contribution in [0.4, 0.5) is 4.39 Å². The van der Waals surface area contributed by atoms with Crippen molar-refractivity contribution in [2.75, 3.05) is 7.11 Å². The molecule has 0 bridgehead atoms. The SMILES string of the molecule is COOSc1cc[c-]cc1F.[Cl][Zn+]. The van der Waals surface area contributed by atoms with Crippen LogP contribution in [0.3, 0.4) is 0 Å². The Labute approximate surface area is 94.6 Å². The van der Waals surface area contributed by atoms with E-state index in [1.165, 1.54) is 13.2 Å². The third-order valence-electron chi connectivity index (χ3n) is 0.968. The molecule has 0 saturated heterocycles. The van der Waals surface area contributed by atoms with Gasteiger partial charge in [-0.15, -0.1) is 6.07 Å². The first-order valence-corrected chi connectivity index (χ1v) is 7.78. The molecule has 0 saturated carbocycles. The van der Waals surface area contributed by atoms with Gasteiger partial charge in [-0.3, -0.25) is 4.39 Å². The van der Waals surface area contributed by atoms with Crippen LogP contribution in [-0.4, -0.2) is 7.11 Å². The fraction of sp³-hybridized carbons (Fsp3) is 0.143. The molecule has 1 rings (SSSR count). The first-order chi connectivity index (χ1) is 6.34. The van der Waals surface area contributed by atoms with Crippen LogP contribution in [-0.2, 0) is 26.5 Å². The Morgan fingerprint density at radius 3 is 2.85 bits per heavy atom. The first-order valence-electron chi connectivity index (χ1n) is 3.14. The van der Waals surface area contributed by atoms with E-state index in [9.17, 15) is 4.39 Å². The second-order valence-corrected chi connectivity index (χ2v) is 2.42. The summed E-state index contributed by atoms with van der Waals surface area (Å²) in [7, 11) is 6.12. The van der Waals surface area contributed by atoms with Crippen LogP contribution in [0.25, 0.3) is 0 Å². The molecule has 0 fully saturated rings. The van der Waals surface area contributed by atoms with E-state index in [2.05, 4.69) is 15.3 Å². The molecule has 0 amide bonds. The zero-order chi connectivity index (χ0) is 10.1. The normalized spacial score (nSPS) is 9.00. The van der Waals surface area contributed by atoms with E-state index in [4.69, 9.17) is 9.69 Å². The van der Waals surface area contributed by atoms with Gasteiger partial charge in [-0.1, -0.05) is 0 Å². The summed E-state index contributed by atoms with van der Waals surface area (Å²) in [5, 5.41) is 0. The van der Waals surface area contributed by atoms with Crippen molar-refractivity contribution < 1.29 is 30.9 Å². The summed E-state index contributed by atoms with van der Waals surface area (Å²) in [6, 6.07) is 6.99. The molecule has 0 N–H and O–H groups in total. The topological polar surface area (TPSA) is 18.5 Å². The minimum absolute atomic E-state index is 0.366. The van der Waals surface area contributed by atoms with Crippen LogP contribution in [0.5, 0.6) is 0 Å². The van der Waals surface area contributed by atoms with Crippen molar-refractivity contribution in [1.82, 2.24) is 0 Å². The molecule has 0 spiro atoms. The number of hydrogen-bond acceptors (Lipinski definition) is 3. The summed E-state index contributed by atoms with van der Waals surface area (Å²) in [6.45, 7) is 0. The Balaban J connectivity index is 0.000000671. The van der Waals surface area contributed by atoms with Gasteiger partial charge in [0.2, 0.25) is 0 Å². The van der Waals surface area contributed by atoms with Crippen molar-refractivity contribution in [2.24, 2.45) is 0 Å². The second kappa shape index (κ2) is 8.91. The molecule has 2 nitrogen and oxygen atoms in total. The summed E-state index contributed by atoms with van der Waals surface area (Å²) >= 11 is 1.68. The van der Waals surface area contributed by atoms with Gasteiger partial charge < -0.3 is 0 Å². The van der Waals surface area contributed by atoms with Crippen LogP contribution >= 0.6 is 21.7 Å². The predicted molar refractivity (Wildman–Crippen MR) is 45.0 cm³/mol. The molecule has 1 aromatic rings. The quantitative estimate of drug-likeness (QED) is 0.277. The van der Waals surface area contributed by atoms with Crippen molar-refractivity contribution in [2.45, 2.75) is 4.90 Å². The molecule has 6 heteroatoms. The Morgan fingerprint density at radius 2 is 2.31 bits per heavy atom. The Bertz CT molecular complexity index is 239. The number of halogens is 2. The Hall–Kier alpha value is 0.333. The molecule has 68 valence electrons. The van der Waals surface area contributed by atoms with E-state index in [-0.39, 0.29) is 5.82 Å². The zero-order valence-corrected chi connectivity index (χ0v) is 11.5. The predicted octanol–water partition coefficient (Wildman–Crippen LogP) is 2.90. The molecule has 0 heterocycles. The monoisotopic (exact) mass is 272 g/mol. The van der Waals surface area contributed by atoms with Gasteiger partial charge in [0.05, 0.1) is 7.11 Å². The maximum absolute atomic E-state index is 12.7. The Kier molecular flexibility index (Phi) is 9.14. The van der Waals surface area contributed by atoms with Crippen molar-refractivity contribution >= 4 is 21.7 Å². The number of hydrogen-bond donors (Lipinski definition) is 0. The minimum atomic E-state index is -0.366. The van der Waals surface area contributed by atoms with E-state index in [0.29, 0.717) is 4.90 Å². The molecule has 0 aliphatic heterocycles. The van der Waals surface area contributed by atoms with Crippen LogP contribution < -0.4 is 0 Å². The molecular weight excluding hydrogens is 268 g/mol. The molecule has 0 aliphatic rings. The van der Waals surface area contributed by atoms with Crippen LogP contribution in [0, 0.1) is 11.9 Å². The van der Waals surface area contributed by atoms with Crippen molar-refractivity contribution in [1.29, 1.82) is 0 Å². The number of rotatable bonds is 3. The first kappa shape index (κ1) is 13.3. The standard InChI is InChI=1S/C7H6FO2S.ClH.Zn/c1-9-10-11-7-5-3-2-4-6(7)8;;/h3-5H,1H3;1H;/q-1;;+2/p-1. The van der Waals surface area contributed by atoms with Crippen molar-refractivity contribution in [3.63, 3.8) is 0 Å². The molecule has 0 atom stereocenters. The molecule has 0 aliphatic carbocycles. The van der Waals surface area contributed by atoms with E-state index in [0.717, 1.165) is 29.4 Å². The summed E-state index contributed by atoms with van der Waals surface area (Å²) in [6.07, 6.45) is 0. The van der Waals surface area contributed by atoms with Crippen LogP contribution in [0.2, 0.25) is 0 Å². The molecule has 0 radical (unpaired) electrons. The van der Waals surface area contributed by atoms with E-state index in [1.807, 2.05) is 0 Å². The maximum atomic E-state index is 12.7. The van der Waals surface area contributed by atoms with Gasteiger partial charge in [0, 0.05) is 17.9 Å². The van der Waals surface area contributed by atoms with Gasteiger partial charge in [0.15, 0.2) is 0 Å². The fourth-order valence-corrected chi connectivity index (χ4v) is 0.938. The van der Waals surface area contributed by atoms with Crippen LogP contribution in [0.15, 0.2) is 23.1 Å². The van der Waals surface area contributed by atoms with Crippen molar-refractivity contribution in [3.05, 3.63) is 30.1 Å². The van der Waals surface area contributed by atoms with Crippen molar-refractivity contribution in [3.8, 4) is 0 Å². The van der Waals surface area contributed by atoms with Gasteiger partial charge >= 0.3 is 27.0 Å². The average Bonchev–Trinajstić information content (AvgIpc) is 2.20. The van der Waals surface area contributed by atoms with Crippen LogP contribution in [0.1, 0.15) is 0 Å². The average molecular weight is 274 g/mol. The van der Waals surface area contributed by atoms with E-state index in [1.54, 1.807) is 12.1 Å². The molecule has 1 aromatic carbocycles. The zero-order valence-electron chi connectivity index (χ0n) is 6.92. The van der Waals surface area contributed by atoms with E-state index < -0.39 is 0 Å². The molecule has 13 heavy (non-hydrogen) atoms. The molecule has 0 unspecified atom stereocenters. The molecule has 0 aromatic heterocycles. The van der Waals surface area contributed by atoms with Gasteiger partial charge in [0.1, 0.15) is 0 Å². The Morgan fingerprint density at radius 1 is 1.62 bits per heavy atom. The molecular formula is C7H6ClFO2SZn. The second-order valence-electron chi connectivity index (χ2n) is 1.67. The van der Waals surface area contributed by atoms with Gasteiger partial charge in [-0.05, 0) is 4.90 Å². The van der Waals surface area contributed by atoms with Gasteiger partial charge in [0.25, 0.3) is 0 Å². The third-order valence-corrected chi connectivity index (χ3v) is 1.68. The summed E-state index contributed by atoms with van der Waals surface area (Å²) in [4.78, 5) is 4.67.